The van der Waals surface area contributed by atoms with Crippen molar-refractivity contribution in [1.29, 1.82) is 0 Å². The van der Waals surface area contributed by atoms with Gasteiger partial charge in [-0.3, -0.25) is 0 Å². The minimum absolute atomic E-state index is 0.364. The normalized spacial score (nSPS) is 10.9. The van der Waals surface area contributed by atoms with E-state index in [0.717, 1.165) is 4.90 Å². The lowest BCUT2D eigenvalue weighted by Crippen LogP contribution is -1.84. The highest BCUT2D eigenvalue weighted by Gasteiger charge is 2.12. The summed E-state index contributed by atoms with van der Waals surface area (Å²) in [6, 6.07) is 8.84. The number of rotatable bonds is 4. The molecular weight excluding hydrogens is 319 g/mol. The zero-order chi connectivity index (χ0) is 13.9. The van der Waals surface area contributed by atoms with E-state index in [2.05, 4.69) is 10.1 Å². The molecule has 20 heavy (non-hydrogen) atoms. The van der Waals surface area contributed by atoms with Gasteiger partial charge in [0.25, 0.3) is 5.89 Å². The fourth-order valence-corrected chi connectivity index (χ4v) is 2.88. The molecule has 7 heteroatoms. The molecule has 102 valence electrons. The van der Waals surface area contributed by atoms with Gasteiger partial charge >= 0.3 is 0 Å². The van der Waals surface area contributed by atoms with E-state index in [1.165, 1.54) is 11.8 Å². The average Bonchev–Trinajstić information content (AvgIpc) is 3.09. The molecule has 0 aliphatic rings. The van der Waals surface area contributed by atoms with Crippen LogP contribution in [-0.4, -0.2) is 10.1 Å². The topological polar surface area (TPSA) is 52.1 Å². The van der Waals surface area contributed by atoms with Gasteiger partial charge in [0.05, 0.1) is 17.0 Å². The molecule has 0 bridgehead atoms. The lowest BCUT2D eigenvalue weighted by Gasteiger charge is -2.02. The number of furan rings is 1. The van der Waals surface area contributed by atoms with E-state index in [-0.39, 0.29) is 0 Å². The summed E-state index contributed by atoms with van der Waals surface area (Å²) in [5, 5.41) is 5.18. The van der Waals surface area contributed by atoms with E-state index >= 15 is 0 Å². The summed E-state index contributed by atoms with van der Waals surface area (Å²) in [4.78, 5) is 5.13. The van der Waals surface area contributed by atoms with Crippen LogP contribution in [0.3, 0.4) is 0 Å². The molecule has 0 saturated heterocycles. The first-order valence-electron chi connectivity index (χ1n) is 5.67. The number of thioether (sulfide) groups is 1. The fraction of sp³-hybridized carbons (Fsp3) is 0.0769. The Hall–Kier alpha value is -1.43. The van der Waals surface area contributed by atoms with Crippen LogP contribution in [0.1, 0.15) is 5.82 Å². The van der Waals surface area contributed by atoms with Crippen LogP contribution in [-0.2, 0) is 5.75 Å². The molecule has 0 amide bonds. The molecule has 3 aromatic rings. The van der Waals surface area contributed by atoms with Crippen LogP contribution < -0.4 is 0 Å². The van der Waals surface area contributed by atoms with Crippen molar-refractivity contribution in [2.75, 3.05) is 0 Å². The first kappa shape index (κ1) is 13.5. The molecule has 0 aliphatic heterocycles. The molecule has 2 heterocycles. The number of hydrogen-bond acceptors (Lipinski definition) is 5. The summed E-state index contributed by atoms with van der Waals surface area (Å²) in [5.74, 6) is 2.01. The maximum absolute atomic E-state index is 6.09. The number of hydrogen-bond donors (Lipinski definition) is 0. The van der Waals surface area contributed by atoms with Gasteiger partial charge in [-0.15, -0.1) is 11.8 Å². The van der Waals surface area contributed by atoms with Crippen molar-refractivity contribution in [1.82, 2.24) is 10.1 Å². The monoisotopic (exact) mass is 326 g/mol. The molecule has 0 unspecified atom stereocenters. The summed E-state index contributed by atoms with van der Waals surface area (Å²) in [6.07, 6.45) is 1.56. The number of nitrogens with zero attached hydrogens (tertiary/aromatic N) is 2. The predicted molar refractivity (Wildman–Crippen MR) is 78.0 cm³/mol. The molecule has 0 fully saturated rings. The highest BCUT2D eigenvalue weighted by Crippen LogP contribution is 2.31. The third kappa shape index (κ3) is 3.00. The quantitative estimate of drug-likeness (QED) is 0.636. The standard InChI is InChI=1S/C13H8Cl2N2O2S/c14-8-3-4-9(15)11(6-8)20-7-12-16-13(19-17-12)10-2-1-5-18-10/h1-6H,7H2. The molecule has 0 aliphatic carbocycles. The highest BCUT2D eigenvalue weighted by atomic mass is 35.5. The number of halogens is 2. The third-order valence-corrected chi connectivity index (χ3v) is 4.18. The average molecular weight is 327 g/mol. The summed E-state index contributed by atoms with van der Waals surface area (Å²) >= 11 is 13.5. The molecule has 0 spiro atoms. The van der Waals surface area contributed by atoms with Crippen molar-refractivity contribution in [2.45, 2.75) is 10.6 Å². The molecule has 1 aromatic carbocycles. The van der Waals surface area contributed by atoms with Gasteiger partial charge in [-0.2, -0.15) is 4.98 Å². The second-order valence-electron chi connectivity index (χ2n) is 3.86. The lowest BCUT2D eigenvalue weighted by molar-refractivity contribution is 0.411. The molecule has 0 atom stereocenters. The summed E-state index contributed by atoms with van der Waals surface area (Å²) in [5.41, 5.74) is 0. The SMILES string of the molecule is Clc1ccc(Cl)c(SCc2noc(-c3ccco3)n2)c1. The van der Waals surface area contributed by atoms with Crippen LogP contribution in [0.15, 0.2) is 50.4 Å². The van der Waals surface area contributed by atoms with Gasteiger partial charge in [-0.1, -0.05) is 28.4 Å². The summed E-state index contributed by atoms with van der Waals surface area (Å²) in [7, 11) is 0. The molecule has 4 nitrogen and oxygen atoms in total. The maximum atomic E-state index is 6.09. The smallest absolute Gasteiger partial charge is 0.293 e. The Morgan fingerprint density at radius 2 is 2.10 bits per heavy atom. The van der Waals surface area contributed by atoms with E-state index < -0.39 is 0 Å². The summed E-state index contributed by atoms with van der Waals surface area (Å²) in [6.45, 7) is 0. The highest BCUT2D eigenvalue weighted by molar-refractivity contribution is 7.98. The van der Waals surface area contributed by atoms with Gasteiger partial charge < -0.3 is 8.94 Å². The van der Waals surface area contributed by atoms with Gasteiger partial charge in [0.2, 0.25) is 0 Å². The Kier molecular flexibility index (Phi) is 4.00. The maximum Gasteiger partial charge on any atom is 0.293 e. The molecule has 0 saturated carbocycles. The molecule has 3 rings (SSSR count). The molecular formula is C13H8Cl2N2O2S. The first-order valence-corrected chi connectivity index (χ1v) is 7.41. The van der Waals surface area contributed by atoms with Crippen LogP contribution in [0.5, 0.6) is 0 Å². The first-order chi connectivity index (χ1) is 9.72. The largest absolute Gasteiger partial charge is 0.459 e. The van der Waals surface area contributed by atoms with E-state index in [4.69, 9.17) is 32.1 Å². The van der Waals surface area contributed by atoms with Crippen LogP contribution in [0.4, 0.5) is 0 Å². The van der Waals surface area contributed by atoms with Gasteiger partial charge in [0, 0.05) is 9.92 Å². The molecule has 0 radical (unpaired) electrons. The Morgan fingerprint density at radius 1 is 1.20 bits per heavy atom. The number of aromatic nitrogens is 2. The van der Waals surface area contributed by atoms with Crippen molar-refractivity contribution < 1.29 is 8.94 Å². The fourth-order valence-electron chi connectivity index (χ4n) is 1.54. The van der Waals surface area contributed by atoms with Crippen molar-refractivity contribution >= 4 is 35.0 Å². The van der Waals surface area contributed by atoms with Gasteiger partial charge in [-0.05, 0) is 30.3 Å². The van der Waals surface area contributed by atoms with Gasteiger partial charge in [0.15, 0.2) is 11.6 Å². The van der Waals surface area contributed by atoms with Crippen molar-refractivity contribution in [2.24, 2.45) is 0 Å². The van der Waals surface area contributed by atoms with Crippen LogP contribution in [0, 0.1) is 0 Å². The second kappa shape index (κ2) is 5.91. The third-order valence-electron chi connectivity index (χ3n) is 2.45. The van der Waals surface area contributed by atoms with Crippen molar-refractivity contribution in [3.63, 3.8) is 0 Å². The minimum atomic E-state index is 0.364. The van der Waals surface area contributed by atoms with E-state index in [0.29, 0.717) is 33.3 Å². The van der Waals surface area contributed by atoms with Crippen LogP contribution in [0.2, 0.25) is 10.0 Å². The Bertz CT molecular complexity index is 713. The lowest BCUT2D eigenvalue weighted by atomic mass is 10.4. The second-order valence-corrected chi connectivity index (χ2v) is 5.72. The van der Waals surface area contributed by atoms with Gasteiger partial charge in [0.1, 0.15) is 0 Å². The van der Waals surface area contributed by atoms with Crippen LogP contribution >= 0.6 is 35.0 Å². The molecule has 2 aromatic heterocycles. The van der Waals surface area contributed by atoms with E-state index in [1.807, 2.05) is 6.07 Å². The number of benzene rings is 1. The predicted octanol–water partition coefficient (Wildman–Crippen LogP) is 4.93. The minimum Gasteiger partial charge on any atom is -0.459 e. The van der Waals surface area contributed by atoms with Crippen LogP contribution in [0.25, 0.3) is 11.7 Å². The Morgan fingerprint density at radius 3 is 2.90 bits per heavy atom. The Labute approximate surface area is 129 Å². The Balaban J connectivity index is 1.71. The molecule has 0 N–H and O–H groups in total. The zero-order valence-electron chi connectivity index (χ0n) is 10.0. The zero-order valence-corrected chi connectivity index (χ0v) is 12.4. The van der Waals surface area contributed by atoms with Crippen molar-refractivity contribution in [3.8, 4) is 11.7 Å². The summed E-state index contributed by atoms with van der Waals surface area (Å²) < 4.78 is 10.3. The van der Waals surface area contributed by atoms with Gasteiger partial charge in [-0.25, -0.2) is 0 Å². The van der Waals surface area contributed by atoms with E-state index in [1.54, 1.807) is 30.5 Å². The van der Waals surface area contributed by atoms with Crippen molar-refractivity contribution in [3.05, 3.63) is 52.5 Å². The van der Waals surface area contributed by atoms with E-state index in [9.17, 15) is 0 Å².